The fourth-order valence-corrected chi connectivity index (χ4v) is 5.08. The molecule has 6 heteroatoms. The van der Waals surface area contributed by atoms with E-state index in [1.165, 1.54) is 5.56 Å². The van der Waals surface area contributed by atoms with Gasteiger partial charge in [0, 0.05) is 43.4 Å². The fourth-order valence-electron chi connectivity index (χ4n) is 4.96. The van der Waals surface area contributed by atoms with Crippen LogP contribution in [0, 0.1) is 0 Å². The maximum Gasteiger partial charge on any atom is 0.230 e. The highest BCUT2D eigenvalue weighted by molar-refractivity contribution is 6.30. The van der Waals surface area contributed by atoms with E-state index in [0.29, 0.717) is 57.4 Å². The third-order valence-corrected chi connectivity index (χ3v) is 7.24. The minimum Gasteiger partial charge on any atom is -0.494 e. The zero-order valence-corrected chi connectivity index (χ0v) is 19.5. The molecule has 2 aliphatic rings. The number of hydrogen-bond acceptors (Lipinski definition) is 4. The number of hydrogen-bond donors (Lipinski definition) is 1. The van der Waals surface area contributed by atoms with Gasteiger partial charge in [0.15, 0.2) is 0 Å². The highest BCUT2D eigenvalue weighted by atomic mass is 35.5. The average molecular weight is 458 g/mol. The van der Waals surface area contributed by atoms with Crippen LogP contribution in [0.1, 0.15) is 43.7 Å². The van der Waals surface area contributed by atoms with Crippen molar-refractivity contribution in [3.05, 3.63) is 64.7 Å². The number of carbonyl (C=O) groups excluding carboxylic acids is 1. The van der Waals surface area contributed by atoms with Gasteiger partial charge in [-0.1, -0.05) is 35.9 Å². The average Bonchev–Trinajstić information content (AvgIpc) is 2.84. The summed E-state index contributed by atoms with van der Waals surface area (Å²) < 4.78 is 16.9. The molecule has 0 aromatic heterocycles. The molecule has 2 aromatic carbocycles. The monoisotopic (exact) mass is 457 g/mol. The van der Waals surface area contributed by atoms with Crippen LogP contribution in [0.4, 0.5) is 0 Å². The largest absolute Gasteiger partial charge is 0.494 e. The summed E-state index contributed by atoms with van der Waals surface area (Å²) in [6.07, 6.45) is 3.08. The van der Waals surface area contributed by atoms with E-state index < -0.39 is 5.41 Å². The van der Waals surface area contributed by atoms with Crippen molar-refractivity contribution < 1.29 is 19.0 Å². The topological polar surface area (TPSA) is 56.8 Å². The Labute approximate surface area is 195 Å². The van der Waals surface area contributed by atoms with Crippen molar-refractivity contribution in [2.24, 2.45) is 0 Å². The quantitative estimate of drug-likeness (QED) is 0.657. The molecule has 0 aliphatic carbocycles. The summed E-state index contributed by atoms with van der Waals surface area (Å²) in [5.41, 5.74) is 1.49. The van der Waals surface area contributed by atoms with Gasteiger partial charge in [-0.25, -0.2) is 0 Å². The second-order valence-corrected chi connectivity index (χ2v) is 9.17. The van der Waals surface area contributed by atoms with Crippen molar-refractivity contribution in [3.8, 4) is 5.75 Å². The highest BCUT2D eigenvalue weighted by Crippen LogP contribution is 2.38. The SMILES string of the molecule is CCOc1ccc(C2(CNC(=O)C3(c4ccc(Cl)cc4)CCOCC3)CCOCC2)cc1. The van der Waals surface area contributed by atoms with E-state index in [2.05, 4.69) is 17.4 Å². The summed E-state index contributed by atoms with van der Waals surface area (Å²) in [6, 6.07) is 16.0. The molecule has 4 rings (SSSR count). The minimum atomic E-state index is -0.589. The number of halogens is 1. The van der Waals surface area contributed by atoms with E-state index in [-0.39, 0.29) is 11.3 Å². The summed E-state index contributed by atoms with van der Waals surface area (Å²) in [6.45, 7) is 5.75. The van der Waals surface area contributed by atoms with Gasteiger partial charge in [-0.3, -0.25) is 4.79 Å². The van der Waals surface area contributed by atoms with Crippen molar-refractivity contribution in [1.29, 1.82) is 0 Å². The first-order valence-electron chi connectivity index (χ1n) is 11.5. The van der Waals surface area contributed by atoms with E-state index in [4.69, 9.17) is 25.8 Å². The van der Waals surface area contributed by atoms with Crippen molar-refractivity contribution in [3.63, 3.8) is 0 Å². The highest BCUT2D eigenvalue weighted by Gasteiger charge is 2.43. The lowest BCUT2D eigenvalue weighted by Crippen LogP contribution is -2.52. The Kier molecular flexibility index (Phi) is 7.39. The summed E-state index contributed by atoms with van der Waals surface area (Å²) in [5, 5.41) is 4.01. The van der Waals surface area contributed by atoms with Gasteiger partial charge >= 0.3 is 0 Å². The van der Waals surface area contributed by atoms with Gasteiger partial charge in [0.05, 0.1) is 12.0 Å². The maximum absolute atomic E-state index is 13.7. The lowest BCUT2D eigenvalue weighted by atomic mass is 9.71. The van der Waals surface area contributed by atoms with E-state index in [9.17, 15) is 4.79 Å². The zero-order valence-electron chi connectivity index (χ0n) is 18.7. The molecule has 172 valence electrons. The van der Waals surface area contributed by atoms with Gasteiger partial charge in [-0.15, -0.1) is 0 Å². The number of rotatable bonds is 7. The zero-order chi connectivity index (χ0) is 22.4. The maximum atomic E-state index is 13.7. The number of nitrogens with one attached hydrogen (secondary N) is 1. The molecular weight excluding hydrogens is 426 g/mol. The molecule has 2 heterocycles. The van der Waals surface area contributed by atoms with Gasteiger partial charge in [0.1, 0.15) is 5.75 Å². The molecule has 0 spiro atoms. The van der Waals surface area contributed by atoms with Crippen LogP contribution in [0.15, 0.2) is 48.5 Å². The number of benzene rings is 2. The summed E-state index contributed by atoms with van der Waals surface area (Å²) >= 11 is 6.11. The minimum absolute atomic E-state index is 0.0694. The first kappa shape index (κ1) is 23.1. The summed E-state index contributed by atoms with van der Waals surface area (Å²) in [4.78, 5) is 13.7. The smallest absolute Gasteiger partial charge is 0.230 e. The van der Waals surface area contributed by atoms with Crippen LogP contribution in [0.5, 0.6) is 5.75 Å². The Morgan fingerprint density at radius 2 is 1.47 bits per heavy atom. The van der Waals surface area contributed by atoms with Crippen LogP contribution in [-0.2, 0) is 25.1 Å². The van der Waals surface area contributed by atoms with Gasteiger partial charge in [-0.2, -0.15) is 0 Å². The van der Waals surface area contributed by atoms with Crippen molar-refractivity contribution in [2.45, 2.75) is 43.4 Å². The molecular formula is C26H32ClNO4. The molecule has 2 fully saturated rings. The van der Waals surface area contributed by atoms with E-state index in [1.54, 1.807) is 0 Å². The van der Waals surface area contributed by atoms with Crippen LogP contribution in [0.2, 0.25) is 5.02 Å². The van der Waals surface area contributed by atoms with E-state index in [1.807, 2.05) is 43.3 Å². The Morgan fingerprint density at radius 1 is 0.906 bits per heavy atom. The van der Waals surface area contributed by atoms with Crippen LogP contribution < -0.4 is 10.1 Å². The lowest BCUT2D eigenvalue weighted by molar-refractivity contribution is -0.131. The molecule has 5 nitrogen and oxygen atoms in total. The Bertz CT molecular complexity index is 885. The van der Waals surface area contributed by atoms with Crippen LogP contribution in [0.25, 0.3) is 0 Å². The van der Waals surface area contributed by atoms with E-state index >= 15 is 0 Å². The summed E-state index contributed by atoms with van der Waals surface area (Å²) in [5.74, 6) is 0.936. The van der Waals surface area contributed by atoms with Crippen LogP contribution in [0.3, 0.4) is 0 Å². The fraction of sp³-hybridized carbons (Fsp3) is 0.500. The molecule has 2 saturated heterocycles. The molecule has 0 saturated carbocycles. The number of carbonyl (C=O) groups is 1. The van der Waals surface area contributed by atoms with Gasteiger partial charge < -0.3 is 19.5 Å². The van der Waals surface area contributed by atoms with Crippen molar-refractivity contribution in [2.75, 3.05) is 39.6 Å². The second-order valence-electron chi connectivity index (χ2n) is 8.73. The van der Waals surface area contributed by atoms with Gasteiger partial charge in [0.2, 0.25) is 5.91 Å². The Morgan fingerprint density at radius 3 is 2.06 bits per heavy atom. The normalized spacial score (nSPS) is 19.8. The second kappa shape index (κ2) is 10.2. The Balaban J connectivity index is 1.56. The number of amides is 1. The molecule has 1 N–H and O–H groups in total. The van der Waals surface area contributed by atoms with Crippen molar-refractivity contribution in [1.82, 2.24) is 5.32 Å². The van der Waals surface area contributed by atoms with Gasteiger partial charge in [-0.05, 0) is 68.0 Å². The molecule has 2 aromatic rings. The van der Waals surface area contributed by atoms with E-state index in [0.717, 1.165) is 24.2 Å². The number of ether oxygens (including phenoxy) is 3. The first-order chi connectivity index (χ1) is 15.6. The molecule has 1 amide bonds. The van der Waals surface area contributed by atoms with Gasteiger partial charge in [0.25, 0.3) is 0 Å². The molecule has 0 radical (unpaired) electrons. The predicted molar refractivity (Wildman–Crippen MR) is 126 cm³/mol. The predicted octanol–water partition coefficient (Wildman–Crippen LogP) is 4.65. The third-order valence-electron chi connectivity index (χ3n) is 6.99. The molecule has 2 aliphatic heterocycles. The molecule has 0 atom stereocenters. The van der Waals surface area contributed by atoms with Crippen molar-refractivity contribution >= 4 is 17.5 Å². The molecule has 32 heavy (non-hydrogen) atoms. The van der Waals surface area contributed by atoms with Crippen LogP contribution >= 0.6 is 11.6 Å². The van der Waals surface area contributed by atoms with Crippen LogP contribution in [-0.4, -0.2) is 45.5 Å². The Hall–Kier alpha value is -2.08. The molecule has 0 unspecified atom stereocenters. The standard InChI is InChI=1S/C26H32ClNO4/c1-2-32-23-9-5-20(6-10-23)25(11-15-30-16-12-25)19-28-24(29)26(13-17-31-18-14-26)21-3-7-22(27)8-4-21/h3-10H,2,11-19H2,1H3,(H,28,29). The lowest BCUT2D eigenvalue weighted by Gasteiger charge is -2.41. The first-order valence-corrected chi connectivity index (χ1v) is 11.9. The summed E-state index contributed by atoms with van der Waals surface area (Å²) in [7, 11) is 0. The molecule has 0 bridgehead atoms. The third kappa shape index (κ3) is 4.80.